The number of sulfone groups is 1. The number of benzene rings is 1. The summed E-state index contributed by atoms with van der Waals surface area (Å²) in [5.41, 5.74) is 2.02. The molecule has 1 fully saturated rings. The van der Waals surface area contributed by atoms with Gasteiger partial charge in [0.2, 0.25) is 5.91 Å². The van der Waals surface area contributed by atoms with E-state index in [1.807, 2.05) is 18.4 Å². The van der Waals surface area contributed by atoms with Crippen LogP contribution in [0.1, 0.15) is 16.8 Å². The lowest BCUT2D eigenvalue weighted by atomic mass is 10.2. The summed E-state index contributed by atoms with van der Waals surface area (Å²) < 4.78 is 24.7. The van der Waals surface area contributed by atoms with Crippen molar-refractivity contribution in [2.45, 2.75) is 12.7 Å². The van der Waals surface area contributed by atoms with Crippen LogP contribution in [0.3, 0.4) is 0 Å². The third-order valence-electron chi connectivity index (χ3n) is 4.32. The highest BCUT2D eigenvalue weighted by Crippen LogP contribution is 2.21. The number of carbonyl (C=O) groups excluding carboxylic acids is 1. The number of hydrogen-bond donors (Lipinski definition) is 0. The van der Waals surface area contributed by atoms with Crippen LogP contribution in [-0.2, 0) is 20.4 Å². The van der Waals surface area contributed by atoms with Crippen molar-refractivity contribution < 1.29 is 13.2 Å². The number of anilines is 1. The van der Waals surface area contributed by atoms with E-state index >= 15 is 0 Å². The number of rotatable bonds is 5. The zero-order valence-electron chi connectivity index (χ0n) is 15.0. The van der Waals surface area contributed by atoms with E-state index in [4.69, 9.17) is 5.26 Å². The van der Waals surface area contributed by atoms with Crippen molar-refractivity contribution in [3.05, 3.63) is 46.5 Å². The van der Waals surface area contributed by atoms with E-state index in [2.05, 4.69) is 9.88 Å². The van der Waals surface area contributed by atoms with Crippen LogP contribution in [0.2, 0.25) is 0 Å². The molecule has 3 rings (SSSR count). The molecule has 9 heteroatoms. The largest absolute Gasteiger partial charge is 0.345 e. The van der Waals surface area contributed by atoms with Gasteiger partial charge in [0.1, 0.15) is 5.75 Å². The minimum Gasteiger partial charge on any atom is -0.345 e. The molecular weight excluding hydrogens is 384 g/mol. The van der Waals surface area contributed by atoms with Gasteiger partial charge in [-0.3, -0.25) is 4.79 Å². The zero-order chi connectivity index (χ0) is 19.4. The number of nitrogens with zero attached hydrogens (tertiary/aromatic N) is 4. The molecule has 0 atom stereocenters. The molecule has 1 amide bonds. The molecule has 0 aliphatic carbocycles. The molecule has 0 spiro atoms. The van der Waals surface area contributed by atoms with Crippen LogP contribution in [0, 0.1) is 18.3 Å². The van der Waals surface area contributed by atoms with Crippen LogP contribution in [0.25, 0.3) is 0 Å². The number of thiazole rings is 1. The van der Waals surface area contributed by atoms with Crippen molar-refractivity contribution in [3.63, 3.8) is 0 Å². The van der Waals surface area contributed by atoms with E-state index in [1.54, 1.807) is 40.5 Å². The summed E-state index contributed by atoms with van der Waals surface area (Å²) in [5.74, 6) is -1.06. The Morgan fingerprint density at radius 3 is 2.44 bits per heavy atom. The van der Waals surface area contributed by atoms with E-state index in [-0.39, 0.29) is 11.7 Å². The summed E-state index contributed by atoms with van der Waals surface area (Å²) in [6.45, 7) is 4.22. The Hall–Kier alpha value is -2.44. The Morgan fingerprint density at radius 1 is 1.22 bits per heavy atom. The maximum atomic E-state index is 12.4. The maximum Gasteiger partial charge on any atom is 0.237 e. The van der Waals surface area contributed by atoms with Crippen LogP contribution in [-0.4, -0.2) is 56.1 Å². The van der Waals surface area contributed by atoms with Gasteiger partial charge in [-0.2, -0.15) is 5.26 Å². The van der Waals surface area contributed by atoms with Crippen LogP contribution in [0.15, 0.2) is 29.6 Å². The number of carbonyl (C=O) groups is 1. The van der Waals surface area contributed by atoms with Crippen molar-refractivity contribution in [2.75, 3.05) is 36.8 Å². The minimum atomic E-state index is -3.56. The lowest BCUT2D eigenvalue weighted by Gasteiger charge is -2.34. The summed E-state index contributed by atoms with van der Waals surface area (Å²) in [6, 6.07) is 8.36. The molecule has 1 aromatic heterocycles. The first-order valence-electron chi connectivity index (χ1n) is 8.50. The zero-order valence-corrected chi connectivity index (χ0v) is 16.6. The fraction of sp³-hybridized carbons (Fsp3) is 0.389. The van der Waals surface area contributed by atoms with Crippen LogP contribution in [0.4, 0.5) is 5.13 Å². The van der Waals surface area contributed by atoms with Crippen molar-refractivity contribution in [1.82, 2.24) is 9.88 Å². The molecule has 142 valence electrons. The van der Waals surface area contributed by atoms with Gasteiger partial charge in [0, 0.05) is 31.6 Å². The highest BCUT2D eigenvalue weighted by atomic mass is 32.2. The molecule has 1 aromatic carbocycles. The normalized spacial score (nSPS) is 14.8. The lowest BCUT2D eigenvalue weighted by molar-refractivity contribution is -0.128. The van der Waals surface area contributed by atoms with Crippen molar-refractivity contribution >= 4 is 32.2 Å². The molecule has 0 N–H and O–H groups in total. The molecule has 0 radical (unpaired) electrons. The van der Waals surface area contributed by atoms with Gasteiger partial charge in [0.15, 0.2) is 15.0 Å². The van der Waals surface area contributed by atoms with Crippen LogP contribution < -0.4 is 4.90 Å². The van der Waals surface area contributed by atoms with Gasteiger partial charge < -0.3 is 9.80 Å². The summed E-state index contributed by atoms with van der Waals surface area (Å²) in [5, 5.41) is 11.7. The van der Waals surface area contributed by atoms with Crippen molar-refractivity contribution in [1.29, 1.82) is 5.26 Å². The van der Waals surface area contributed by atoms with Crippen molar-refractivity contribution in [3.8, 4) is 6.07 Å². The van der Waals surface area contributed by atoms with E-state index in [9.17, 15) is 13.2 Å². The monoisotopic (exact) mass is 404 g/mol. The molecule has 27 heavy (non-hydrogen) atoms. The molecule has 1 saturated heterocycles. The average molecular weight is 405 g/mol. The van der Waals surface area contributed by atoms with E-state index in [0.29, 0.717) is 37.3 Å². The van der Waals surface area contributed by atoms with Gasteiger partial charge in [-0.15, -0.1) is 11.3 Å². The third-order valence-corrected chi connectivity index (χ3v) is 6.80. The molecule has 1 aliphatic heterocycles. The summed E-state index contributed by atoms with van der Waals surface area (Å²) in [4.78, 5) is 20.6. The smallest absolute Gasteiger partial charge is 0.237 e. The first kappa shape index (κ1) is 19.3. The second kappa shape index (κ2) is 8.06. The molecule has 0 unspecified atom stereocenters. The van der Waals surface area contributed by atoms with Crippen molar-refractivity contribution in [2.24, 2.45) is 0 Å². The minimum absolute atomic E-state index is 0.206. The van der Waals surface area contributed by atoms with Gasteiger partial charge in [0.05, 0.1) is 23.1 Å². The quantitative estimate of drug-likeness (QED) is 0.751. The molecular formula is C18H20N4O3S2. The second-order valence-electron chi connectivity index (χ2n) is 6.48. The Bertz CT molecular complexity index is 953. The SMILES string of the molecule is Cc1csc(N2CCN(C(=O)CS(=O)(=O)Cc3ccc(C#N)cc3)CC2)n1. The lowest BCUT2D eigenvalue weighted by Crippen LogP contribution is -2.50. The van der Waals surface area contributed by atoms with E-state index in [0.717, 1.165) is 10.8 Å². The highest BCUT2D eigenvalue weighted by molar-refractivity contribution is 7.91. The van der Waals surface area contributed by atoms with Gasteiger partial charge in [-0.1, -0.05) is 12.1 Å². The number of nitriles is 1. The first-order chi connectivity index (χ1) is 12.9. The Kier molecular flexibility index (Phi) is 5.77. The van der Waals surface area contributed by atoms with Gasteiger partial charge in [0.25, 0.3) is 0 Å². The van der Waals surface area contributed by atoms with Crippen LogP contribution in [0.5, 0.6) is 0 Å². The molecule has 0 saturated carbocycles. The predicted molar refractivity (Wildman–Crippen MR) is 104 cm³/mol. The predicted octanol–water partition coefficient (Wildman–Crippen LogP) is 1.59. The van der Waals surface area contributed by atoms with E-state index < -0.39 is 15.6 Å². The number of aryl methyl sites for hydroxylation is 1. The summed E-state index contributed by atoms with van der Waals surface area (Å²) >= 11 is 1.57. The fourth-order valence-corrected chi connectivity index (χ4v) is 5.11. The van der Waals surface area contributed by atoms with Gasteiger partial charge in [-0.05, 0) is 24.6 Å². The molecule has 2 heterocycles. The number of aromatic nitrogens is 1. The van der Waals surface area contributed by atoms with Gasteiger partial charge >= 0.3 is 0 Å². The Balaban J connectivity index is 1.54. The molecule has 0 bridgehead atoms. The summed E-state index contributed by atoms with van der Waals surface area (Å²) in [7, 11) is -3.56. The topological polar surface area (TPSA) is 94.4 Å². The first-order valence-corrected chi connectivity index (χ1v) is 11.2. The highest BCUT2D eigenvalue weighted by Gasteiger charge is 2.26. The number of piperazine rings is 1. The average Bonchev–Trinajstić information content (AvgIpc) is 3.08. The molecule has 2 aromatic rings. The Morgan fingerprint density at radius 2 is 1.89 bits per heavy atom. The van der Waals surface area contributed by atoms with Crippen LogP contribution >= 0.6 is 11.3 Å². The molecule has 7 nitrogen and oxygen atoms in total. The standard InChI is InChI=1S/C18H20N4O3S2/c1-14-11-26-18(20-14)22-8-6-21(7-9-22)17(23)13-27(24,25)12-16-4-2-15(10-19)3-5-16/h2-5,11H,6-9,12-13H2,1H3. The maximum absolute atomic E-state index is 12.4. The third kappa shape index (κ3) is 5.05. The number of hydrogen-bond acceptors (Lipinski definition) is 7. The van der Waals surface area contributed by atoms with E-state index in [1.165, 1.54) is 0 Å². The fourth-order valence-electron chi connectivity index (χ4n) is 2.89. The molecule has 1 aliphatic rings. The summed E-state index contributed by atoms with van der Waals surface area (Å²) in [6.07, 6.45) is 0. The second-order valence-corrected chi connectivity index (χ2v) is 9.38. The van der Waals surface area contributed by atoms with Gasteiger partial charge in [-0.25, -0.2) is 13.4 Å². The number of amides is 1. The Labute approximate surface area is 162 Å².